The third-order valence-electron chi connectivity index (χ3n) is 5.71. The molecule has 2 aliphatic rings. The van der Waals surface area contributed by atoms with Crippen molar-refractivity contribution in [2.24, 2.45) is 0 Å². The Bertz CT molecular complexity index is 821. The molecule has 6 nitrogen and oxygen atoms in total. The summed E-state index contributed by atoms with van der Waals surface area (Å²) in [7, 11) is 0. The number of amides is 1. The van der Waals surface area contributed by atoms with Crippen LogP contribution in [0.4, 0.5) is 10.6 Å². The molecule has 1 aromatic heterocycles. The zero-order valence-electron chi connectivity index (χ0n) is 17.0. The first-order valence-electron chi connectivity index (χ1n) is 10.5. The number of aromatic nitrogens is 1. The molecule has 2 aliphatic heterocycles. The number of rotatable bonds is 4. The van der Waals surface area contributed by atoms with Gasteiger partial charge in [0.15, 0.2) is 0 Å². The predicted octanol–water partition coefficient (Wildman–Crippen LogP) is 4.09. The molecule has 0 radical (unpaired) electrons. The van der Waals surface area contributed by atoms with Crippen LogP contribution in [-0.2, 0) is 16.1 Å². The maximum atomic E-state index is 12.8. The van der Waals surface area contributed by atoms with Gasteiger partial charge in [-0.1, -0.05) is 30.3 Å². The molecule has 3 heterocycles. The van der Waals surface area contributed by atoms with Crippen LogP contribution in [0.3, 0.4) is 0 Å². The van der Waals surface area contributed by atoms with Gasteiger partial charge in [0.1, 0.15) is 12.4 Å². The van der Waals surface area contributed by atoms with Crippen LogP contribution in [0, 0.1) is 6.92 Å². The summed E-state index contributed by atoms with van der Waals surface area (Å²) in [6.45, 7) is 6.35. The van der Waals surface area contributed by atoms with Crippen molar-refractivity contribution < 1.29 is 14.3 Å². The molecule has 6 heteroatoms. The summed E-state index contributed by atoms with van der Waals surface area (Å²) in [5.41, 5.74) is 3.24. The number of hydrogen-bond donors (Lipinski definition) is 0. The quantitative estimate of drug-likeness (QED) is 0.780. The number of ether oxygens (including phenoxy) is 2. The number of hydrogen-bond acceptors (Lipinski definition) is 5. The monoisotopic (exact) mass is 395 g/mol. The third kappa shape index (κ3) is 4.70. The van der Waals surface area contributed by atoms with Gasteiger partial charge in [-0.25, -0.2) is 9.78 Å². The fourth-order valence-corrected chi connectivity index (χ4v) is 4.18. The van der Waals surface area contributed by atoms with Crippen LogP contribution in [-0.4, -0.2) is 48.8 Å². The van der Waals surface area contributed by atoms with Crippen LogP contribution in [0.5, 0.6) is 0 Å². The van der Waals surface area contributed by atoms with Crippen LogP contribution in [0.2, 0.25) is 0 Å². The van der Waals surface area contributed by atoms with Gasteiger partial charge in [-0.3, -0.25) is 0 Å². The summed E-state index contributed by atoms with van der Waals surface area (Å²) < 4.78 is 11.1. The second-order valence-corrected chi connectivity index (χ2v) is 7.75. The summed E-state index contributed by atoms with van der Waals surface area (Å²) >= 11 is 0. The van der Waals surface area contributed by atoms with E-state index in [9.17, 15) is 4.79 Å². The highest BCUT2D eigenvalue weighted by Gasteiger charge is 2.30. The molecule has 2 aromatic rings. The molecule has 0 saturated carbocycles. The topological polar surface area (TPSA) is 54.9 Å². The highest BCUT2D eigenvalue weighted by atomic mass is 16.6. The number of nitrogens with zero attached hydrogens (tertiary/aromatic N) is 3. The molecule has 154 valence electrons. The van der Waals surface area contributed by atoms with Gasteiger partial charge in [0.05, 0.1) is 19.3 Å². The van der Waals surface area contributed by atoms with Gasteiger partial charge in [-0.05, 0) is 48.9 Å². The average Bonchev–Trinajstić information content (AvgIpc) is 2.78. The van der Waals surface area contributed by atoms with Crippen LogP contribution in [0.1, 0.15) is 42.0 Å². The Labute approximate surface area is 172 Å². The molecule has 0 N–H and O–H groups in total. The van der Waals surface area contributed by atoms with E-state index in [1.165, 1.54) is 0 Å². The van der Waals surface area contributed by atoms with Crippen molar-refractivity contribution in [2.75, 3.05) is 37.7 Å². The van der Waals surface area contributed by atoms with E-state index in [0.717, 1.165) is 74.6 Å². The first-order valence-corrected chi connectivity index (χ1v) is 10.5. The lowest BCUT2D eigenvalue weighted by molar-refractivity contribution is 0.0678. The smallest absolute Gasteiger partial charge is 0.410 e. The van der Waals surface area contributed by atoms with Gasteiger partial charge in [0.25, 0.3) is 0 Å². The number of aryl methyl sites for hydroxylation is 1. The van der Waals surface area contributed by atoms with Crippen molar-refractivity contribution in [3.63, 3.8) is 0 Å². The Balaban J connectivity index is 1.46. The summed E-state index contributed by atoms with van der Waals surface area (Å²) in [6.07, 6.45) is 4.75. The molecule has 4 rings (SSSR count). The van der Waals surface area contributed by atoms with Crippen LogP contribution in [0.25, 0.3) is 0 Å². The highest BCUT2D eigenvalue weighted by Crippen LogP contribution is 2.33. The second kappa shape index (κ2) is 9.27. The molecule has 1 amide bonds. The first kappa shape index (κ1) is 19.7. The van der Waals surface area contributed by atoms with Gasteiger partial charge in [-0.2, -0.15) is 0 Å². The normalized spacial score (nSPS) is 19.8. The van der Waals surface area contributed by atoms with Crippen molar-refractivity contribution >= 4 is 11.9 Å². The van der Waals surface area contributed by atoms with Gasteiger partial charge in [0, 0.05) is 25.8 Å². The maximum Gasteiger partial charge on any atom is 0.410 e. The van der Waals surface area contributed by atoms with Gasteiger partial charge < -0.3 is 19.3 Å². The Hall–Kier alpha value is -2.60. The van der Waals surface area contributed by atoms with Gasteiger partial charge in [0.2, 0.25) is 0 Å². The highest BCUT2D eigenvalue weighted by molar-refractivity contribution is 5.68. The predicted molar refractivity (Wildman–Crippen MR) is 112 cm³/mol. The molecule has 2 fully saturated rings. The fraction of sp³-hybridized carbons (Fsp3) is 0.478. The summed E-state index contributed by atoms with van der Waals surface area (Å²) in [5.74, 6) is 1.02. The third-order valence-corrected chi connectivity index (χ3v) is 5.71. The minimum absolute atomic E-state index is 0.0250. The number of benzene rings is 1. The van der Waals surface area contributed by atoms with Crippen molar-refractivity contribution in [1.82, 2.24) is 9.88 Å². The minimum Gasteiger partial charge on any atom is -0.445 e. The molecule has 1 atom stereocenters. The van der Waals surface area contributed by atoms with Crippen LogP contribution < -0.4 is 4.90 Å². The number of likely N-dealkylation sites (tertiary alicyclic amines) is 1. The molecule has 0 aliphatic carbocycles. The molecule has 2 saturated heterocycles. The SMILES string of the molecule is Cc1cc([C@H]2CCCCN2C(=O)OCc2ccccc2)cnc1N1CCOCC1. The van der Waals surface area contributed by atoms with Crippen LogP contribution in [0.15, 0.2) is 42.6 Å². The number of morpholine rings is 1. The second-order valence-electron chi connectivity index (χ2n) is 7.75. The zero-order chi connectivity index (χ0) is 20.1. The van der Waals surface area contributed by atoms with E-state index < -0.39 is 0 Å². The molecule has 0 spiro atoms. The minimum atomic E-state index is -0.242. The van der Waals surface area contributed by atoms with Crippen molar-refractivity contribution in [2.45, 2.75) is 38.8 Å². The van der Waals surface area contributed by atoms with Gasteiger partial charge >= 0.3 is 6.09 Å². The Morgan fingerprint density at radius 3 is 2.72 bits per heavy atom. The fourth-order valence-electron chi connectivity index (χ4n) is 4.18. The molecular weight excluding hydrogens is 366 g/mol. The van der Waals surface area contributed by atoms with E-state index in [1.807, 2.05) is 41.4 Å². The van der Waals surface area contributed by atoms with E-state index >= 15 is 0 Å². The Morgan fingerprint density at radius 1 is 1.17 bits per heavy atom. The lowest BCUT2D eigenvalue weighted by Gasteiger charge is -2.35. The van der Waals surface area contributed by atoms with E-state index in [-0.39, 0.29) is 12.1 Å². The number of pyridine rings is 1. The van der Waals surface area contributed by atoms with Crippen molar-refractivity contribution in [3.8, 4) is 0 Å². The van der Waals surface area contributed by atoms with E-state index in [1.54, 1.807) is 0 Å². The molecule has 0 bridgehead atoms. The zero-order valence-corrected chi connectivity index (χ0v) is 17.0. The summed E-state index contributed by atoms with van der Waals surface area (Å²) in [4.78, 5) is 21.7. The Morgan fingerprint density at radius 2 is 1.97 bits per heavy atom. The lowest BCUT2D eigenvalue weighted by atomic mass is 9.96. The number of carbonyl (C=O) groups is 1. The lowest BCUT2D eigenvalue weighted by Crippen LogP contribution is -2.39. The number of anilines is 1. The van der Waals surface area contributed by atoms with Crippen molar-refractivity contribution in [3.05, 3.63) is 59.3 Å². The van der Waals surface area contributed by atoms with E-state index in [0.29, 0.717) is 6.61 Å². The average molecular weight is 396 g/mol. The molecule has 1 aromatic carbocycles. The largest absolute Gasteiger partial charge is 0.445 e. The Kier molecular flexibility index (Phi) is 6.30. The van der Waals surface area contributed by atoms with E-state index in [4.69, 9.17) is 14.5 Å². The summed E-state index contributed by atoms with van der Waals surface area (Å²) in [5, 5.41) is 0. The molecular formula is C23H29N3O3. The van der Waals surface area contributed by atoms with Crippen LogP contribution >= 0.6 is 0 Å². The number of piperidine rings is 1. The number of carbonyl (C=O) groups excluding carboxylic acids is 1. The molecule has 0 unspecified atom stereocenters. The van der Waals surface area contributed by atoms with Crippen molar-refractivity contribution in [1.29, 1.82) is 0 Å². The van der Waals surface area contributed by atoms with E-state index in [2.05, 4.69) is 17.9 Å². The summed E-state index contributed by atoms with van der Waals surface area (Å²) in [6, 6.07) is 12.0. The molecule has 29 heavy (non-hydrogen) atoms. The van der Waals surface area contributed by atoms with Gasteiger partial charge in [-0.15, -0.1) is 0 Å². The maximum absolute atomic E-state index is 12.8. The standard InChI is InChI=1S/C23H29N3O3/c1-18-15-20(16-24-22(18)25-11-13-28-14-12-25)21-9-5-6-10-26(21)23(27)29-17-19-7-3-2-4-8-19/h2-4,7-8,15-16,21H,5-6,9-14,17H2,1H3/t21-/m1/s1. The first-order chi connectivity index (χ1) is 14.2.